The second kappa shape index (κ2) is 6.61. The maximum absolute atomic E-state index is 11.6. The van der Waals surface area contributed by atoms with Crippen molar-refractivity contribution >= 4 is 11.9 Å². The molecule has 1 aromatic rings. The molecule has 0 atom stereocenters. The summed E-state index contributed by atoms with van der Waals surface area (Å²) in [5.41, 5.74) is 1.03. The van der Waals surface area contributed by atoms with Crippen LogP contribution in [0.3, 0.4) is 0 Å². The second-order valence-electron chi connectivity index (χ2n) is 3.70. The van der Waals surface area contributed by atoms with Crippen molar-refractivity contribution < 1.29 is 24.5 Å². The molecular weight excluding hydrogens is 238 g/mol. The summed E-state index contributed by atoms with van der Waals surface area (Å²) < 4.78 is 4.76. The standard InChI is InChI=1S/C12H15NO5/c1-8-2-3-9(6-10(8)14)12(17)13-4-5-18-7-11(15)16/h2-3,6,14H,4-5,7H2,1H3,(H,13,17)(H,15,16). The van der Waals surface area contributed by atoms with Gasteiger partial charge < -0.3 is 20.3 Å². The topological polar surface area (TPSA) is 95.9 Å². The zero-order chi connectivity index (χ0) is 13.5. The number of carboxylic acid groups (broad SMARTS) is 1. The molecule has 3 N–H and O–H groups in total. The summed E-state index contributed by atoms with van der Waals surface area (Å²) in [5.74, 6) is -1.33. The molecule has 0 bridgehead atoms. The minimum absolute atomic E-state index is 0.0600. The normalized spacial score (nSPS) is 10.1. The van der Waals surface area contributed by atoms with E-state index in [0.717, 1.165) is 0 Å². The molecule has 0 fully saturated rings. The number of amides is 1. The number of carbonyl (C=O) groups is 2. The highest BCUT2D eigenvalue weighted by molar-refractivity contribution is 5.94. The third kappa shape index (κ3) is 4.42. The number of aliphatic carboxylic acids is 1. The SMILES string of the molecule is Cc1ccc(C(=O)NCCOCC(=O)O)cc1O. The molecular formula is C12H15NO5. The van der Waals surface area contributed by atoms with Crippen LogP contribution in [-0.4, -0.2) is 41.8 Å². The van der Waals surface area contributed by atoms with Gasteiger partial charge in [-0.2, -0.15) is 0 Å². The van der Waals surface area contributed by atoms with Gasteiger partial charge in [-0.1, -0.05) is 6.07 Å². The molecule has 18 heavy (non-hydrogen) atoms. The van der Waals surface area contributed by atoms with E-state index in [-0.39, 0.29) is 31.4 Å². The van der Waals surface area contributed by atoms with Gasteiger partial charge in [0.1, 0.15) is 12.4 Å². The highest BCUT2D eigenvalue weighted by Crippen LogP contribution is 2.17. The van der Waals surface area contributed by atoms with E-state index in [9.17, 15) is 14.7 Å². The van der Waals surface area contributed by atoms with E-state index in [0.29, 0.717) is 11.1 Å². The number of carboxylic acids is 1. The Labute approximate surface area is 104 Å². The number of benzene rings is 1. The number of rotatable bonds is 6. The van der Waals surface area contributed by atoms with Crippen LogP contribution in [0.2, 0.25) is 0 Å². The van der Waals surface area contributed by atoms with E-state index in [2.05, 4.69) is 5.32 Å². The number of aryl methyl sites for hydroxylation is 1. The Morgan fingerprint density at radius 2 is 2.11 bits per heavy atom. The molecule has 0 unspecified atom stereocenters. The molecule has 0 heterocycles. The molecule has 1 aromatic carbocycles. The first-order valence-corrected chi connectivity index (χ1v) is 5.38. The number of aromatic hydroxyl groups is 1. The fourth-order valence-electron chi connectivity index (χ4n) is 1.25. The van der Waals surface area contributed by atoms with Crippen LogP contribution in [0.15, 0.2) is 18.2 Å². The number of nitrogens with one attached hydrogen (secondary N) is 1. The molecule has 0 saturated carbocycles. The molecule has 0 radical (unpaired) electrons. The van der Waals surface area contributed by atoms with Crippen molar-refractivity contribution in [3.05, 3.63) is 29.3 Å². The van der Waals surface area contributed by atoms with E-state index in [4.69, 9.17) is 9.84 Å². The molecule has 6 nitrogen and oxygen atoms in total. The zero-order valence-corrected chi connectivity index (χ0v) is 9.97. The van der Waals surface area contributed by atoms with Crippen LogP contribution in [0.1, 0.15) is 15.9 Å². The van der Waals surface area contributed by atoms with Gasteiger partial charge in [0.05, 0.1) is 6.61 Å². The van der Waals surface area contributed by atoms with E-state index in [1.54, 1.807) is 19.1 Å². The molecule has 1 amide bonds. The van der Waals surface area contributed by atoms with Gasteiger partial charge in [-0.05, 0) is 24.6 Å². The van der Waals surface area contributed by atoms with E-state index < -0.39 is 5.97 Å². The van der Waals surface area contributed by atoms with Gasteiger partial charge in [0, 0.05) is 12.1 Å². The van der Waals surface area contributed by atoms with Gasteiger partial charge in [0.25, 0.3) is 5.91 Å². The Morgan fingerprint density at radius 1 is 1.39 bits per heavy atom. The Bertz CT molecular complexity index is 444. The van der Waals surface area contributed by atoms with E-state index in [1.807, 2.05) is 0 Å². The summed E-state index contributed by atoms with van der Waals surface area (Å²) >= 11 is 0. The Kier molecular flexibility index (Phi) is 5.13. The summed E-state index contributed by atoms with van der Waals surface area (Å²) in [5, 5.41) is 20.3. The summed E-state index contributed by atoms with van der Waals surface area (Å²) in [6.45, 7) is 1.68. The third-order valence-corrected chi connectivity index (χ3v) is 2.23. The highest BCUT2D eigenvalue weighted by atomic mass is 16.5. The number of phenolic OH excluding ortho intramolecular Hbond substituents is 1. The molecule has 0 saturated heterocycles. The lowest BCUT2D eigenvalue weighted by Crippen LogP contribution is -2.27. The fourth-order valence-corrected chi connectivity index (χ4v) is 1.25. The van der Waals surface area contributed by atoms with Gasteiger partial charge in [0.2, 0.25) is 0 Å². The van der Waals surface area contributed by atoms with Crippen LogP contribution in [0.25, 0.3) is 0 Å². The van der Waals surface area contributed by atoms with Crippen molar-refractivity contribution in [1.82, 2.24) is 5.32 Å². The van der Waals surface area contributed by atoms with Crippen LogP contribution in [0, 0.1) is 6.92 Å². The van der Waals surface area contributed by atoms with Crippen molar-refractivity contribution in [2.24, 2.45) is 0 Å². The largest absolute Gasteiger partial charge is 0.508 e. The van der Waals surface area contributed by atoms with E-state index in [1.165, 1.54) is 6.07 Å². The van der Waals surface area contributed by atoms with Crippen molar-refractivity contribution in [1.29, 1.82) is 0 Å². The van der Waals surface area contributed by atoms with Gasteiger partial charge >= 0.3 is 5.97 Å². The summed E-state index contributed by atoms with van der Waals surface area (Å²) in [6.07, 6.45) is 0. The fraction of sp³-hybridized carbons (Fsp3) is 0.333. The Hall–Kier alpha value is -2.08. The van der Waals surface area contributed by atoms with Crippen molar-refractivity contribution in [2.45, 2.75) is 6.92 Å². The van der Waals surface area contributed by atoms with Gasteiger partial charge in [-0.3, -0.25) is 4.79 Å². The van der Waals surface area contributed by atoms with Crippen LogP contribution in [0.5, 0.6) is 5.75 Å². The number of phenols is 1. The highest BCUT2D eigenvalue weighted by Gasteiger charge is 2.07. The van der Waals surface area contributed by atoms with Crippen molar-refractivity contribution in [2.75, 3.05) is 19.8 Å². The maximum Gasteiger partial charge on any atom is 0.329 e. The number of ether oxygens (including phenoxy) is 1. The zero-order valence-electron chi connectivity index (χ0n) is 9.97. The lowest BCUT2D eigenvalue weighted by atomic mass is 10.1. The third-order valence-electron chi connectivity index (χ3n) is 2.23. The molecule has 6 heteroatoms. The van der Waals surface area contributed by atoms with Gasteiger partial charge in [-0.25, -0.2) is 4.79 Å². The van der Waals surface area contributed by atoms with E-state index >= 15 is 0 Å². The average Bonchev–Trinajstić information content (AvgIpc) is 2.31. The van der Waals surface area contributed by atoms with Crippen molar-refractivity contribution in [3.8, 4) is 5.75 Å². The molecule has 0 aromatic heterocycles. The smallest absolute Gasteiger partial charge is 0.329 e. The lowest BCUT2D eigenvalue weighted by molar-refractivity contribution is -0.142. The first-order chi connectivity index (χ1) is 8.50. The van der Waals surface area contributed by atoms with Gasteiger partial charge in [-0.15, -0.1) is 0 Å². The monoisotopic (exact) mass is 253 g/mol. The summed E-state index contributed by atoms with van der Waals surface area (Å²) in [4.78, 5) is 21.8. The van der Waals surface area contributed by atoms with Crippen LogP contribution >= 0.6 is 0 Å². The number of hydrogen-bond acceptors (Lipinski definition) is 4. The lowest BCUT2D eigenvalue weighted by Gasteiger charge is -2.06. The molecule has 1 rings (SSSR count). The molecule has 0 aliphatic rings. The Balaban J connectivity index is 2.36. The number of hydrogen-bond donors (Lipinski definition) is 3. The predicted octanol–water partition coefficient (Wildman–Crippen LogP) is 0.532. The molecule has 0 aliphatic carbocycles. The minimum Gasteiger partial charge on any atom is -0.508 e. The van der Waals surface area contributed by atoms with Gasteiger partial charge in [0.15, 0.2) is 0 Å². The molecule has 0 spiro atoms. The molecule has 0 aliphatic heterocycles. The van der Waals surface area contributed by atoms with Crippen LogP contribution in [0.4, 0.5) is 0 Å². The minimum atomic E-state index is -1.05. The number of carbonyl (C=O) groups excluding carboxylic acids is 1. The quantitative estimate of drug-likeness (QED) is 0.643. The summed E-state index contributed by atoms with van der Waals surface area (Å²) in [7, 11) is 0. The average molecular weight is 253 g/mol. The first kappa shape index (κ1) is 14.0. The predicted molar refractivity (Wildman–Crippen MR) is 63.6 cm³/mol. The second-order valence-corrected chi connectivity index (χ2v) is 3.70. The maximum atomic E-state index is 11.6. The van der Waals surface area contributed by atoms with Crippen LogP contribution in [-0.2, 0) is 9.53 Å². The summed E-state index contributed by atoms with van der Waals surface area (Å²) in [6, 6.07) is 4.62. The van der Waals surface area contributed by atoms with Crippen LogP contribution < -0.4 is 5.32 Å². The van der Waals surface area contributed by atoms with Crippen molar-refractivity contribution in [3.63, 3.8) is 0 Å². The Morgan fingerprint density at radius 3 is 2.72 bits per heavy atom. The first-order valence-electron chi connectivity index (χ1n) is 5.38. The molecule has 98 valence electrons.